The Labute approximate surface area is 110 Å². The molecule has 0 aliphatic rings. The number of rotatable bonds is 6. The van der Waals surface area contributed by atoms with Gasteiger partial charge in [-0.15, -0.1) is 0 Å². The second-order valence-electron chi connectivity index (χ2n) is 4.50. The highest BCUT2D eigenvalue weighted by Crippen LogP contribution is 2.23. The predicted octanol–water partition coefficient (Wildman–Crippen LogP) is 2.58. The number of para-hydroxylation sites is 1. The van der Waals surface area contributed by atoms with Crippen LogP contribution < -0.4 is 5.73 Å². The number of nitrogen functional groups attached to an aromatic ring is 1. The number of hydrogen-bond acceptors (Lipinski definition) is 3. The molecule has 0 aliphatic carbocycles. The van der Waals surface area contributed by atoms with Gasteiger partial charge in [0.2, 0.25) is 0 Å². The van der Waals surface area contributed by atoms with Gasteiger partial charge in [0.1, 0.15) is 0 Å². The number of anilines is 1. The molecule has 0 heterocycles. The SMILES string of the molecule is CCCN(CC(O)c1ccccc1N)CC(F)(F)F. The molecule has 0 spiro atoms. The summed E-state index contributed by atoms with van der Waals surface area (Å²) in [5.74, 6) is 0. The summed E-state index contributed by atoms with van der Waals surface area (Å²) >= 11 is 0. The highest BCUT2D eigenvalue weighted by Gasteiger charge is 2.31. The Balaban J connectivity index is 2.71. The van der Waals surface area contributed by atoms with Gasteiger partial charge in [0.25, 0.3) is 0 Å². The maximum Gasteiger partial charge on any atom is 0.401 e. The molecule has 0 saturated heterocycles. The van der Waals surface area contributed by atoms with E-state index in [4.69, 9.17) is 5.73 Å². The molecule has 3 nitrogen and oxygen atoms in total. The lowest BCUT2D eigenvalue weighted by atomic mass is 10.1. The fraction of sp³-hybridized carbons (Fsp3) is 0.538. The molecule has 108 valence electrons. The fourth-order valence-corrected chi connectivity index (χ4v) is 1.96. The summed E-state index contributed by atoms with van der Waals surface area (Å²) in [6.45, 7) is 0.974. The first kappa shape index (κ1) is 15.8. The van der Waals surface area contributed by atoms with Crippen molar-refractivity contribution in [2.24, 2.45) is 0 Å². The maximum absolute atomic E-state index is 12.4. The zero-order valence-corrected chi connectivity index (χ0v) is 10.8. The van der Waals surface area contributed by atoms with E-state index in [1.54, 1.807) is 31.2 Å². The van der Waals surface area contributed by atoms with Crippen LogP contribution in [0, 0.1) is 0 Å². The molecule has 0 fully saturated rings. The van der Waals surface area contributed by atoms with Crippen LogP contribution in [0.1, 0.15) is 25.0 Å². The van der Waals surface area contributed by atoms with Gasteiger partial charge >= 0.3 is 6.18 Å². The molecular formula is C13H19F3N2O. The number of aliphatic hydroxyl groups excluding tert-OH is 1. The molecule has 3 N–H and O–H groups in total. The zero-order chi connectivity index (χ0) is 14.5. The molecule has 0 bridgehead atoms. The van der Waals surface area contributed by atoms with Crippen LogP contribution in [0.3, 0.4) is 0 Å². The first-order valence-corrected chi connectivity index (χ1v) is 6.15. The van der Waals surface area contributed by atoms with Gasteiger partial charge in [-0.2, -0.15) is 13.2 Å². The topological polar surface area (TPSA) is 49.5 Å². The van der Waals surface area contributed by atoms with Gasteiger partial charge < -0.3 is 10.8 Å². The summed E-state index contributed by atoms with van der Waals surface area (Å²) in [4.78, 5) is 1.19. The largest absolute Gasteiger partial charge is 0.401 e. The fourth-order valence-electron chi connectivity index (χ4n) is 1.96. The Bertz CT molecular complexity index is 396. The van der Waals surface area contributed by atoms with Crippen molar-refractivity contribution in [1.82, 2.24) is 4.90 Å². The van der Waals surface area contributed by atoms with Crippen molar-refractivity contribution in [3.05, 3.63) is 29.8 Å². The quantitative estimate of drug-likeness (QED) is 0.785. The van der Waals surface area contributed by atoms with Crippen LogP contribution in [-0.2, 0) is 0 Å². The molecule has 0 amide bonds. The van der Waals surface area contributed by atoms with Gasteiger partial charge in [-0.3, -0.25) is 4.90 Å². The number of aliphatic hydroxyl groups is 1. The number of halogens is 3. The summed E-state index contributed by atoms with van der Waals surface area (Å²) in [7, 11) is 0. The van der Waals surface area contributed by atoms with E-state index in [-0.39, 0.29) is 13.1 Å². The van der Waals surface area contributed by atoms with Gasteiger partial charge in [0.15, 0.2) is 0 Å². The van der Waals surface area contributed by atoms with Crippen LogP contribution in [0.4, 0.5) is 18.9 Å². The van der Waals surface area contributed by atoms with Crippen LogP contribution in [-0.4, -0.2) is 35.8 Å². The van der Waals surface area contributed by atoms with E-state index in [9.17, 15) is 18.3 Å². The van der Waals surface area contributed by atoms with Crippen LogP contribution in [0.2, 0.25) is 0 Å². The molecule has 0 saturated carbocycles. The third-order valence-corrected chi connectivity index (χ3v) is 2.73. The van der Waals surface area contributed by atoms with Crippen molar-refractivity contribution in [3.8, 4) is 0 Å². The van der Waals surface area contributed by atoms with Crippen LogP contribution in [0.5, 0.6) is 0 Å². The van der Waals surface area contributed by atoms with Crippen molar-refractivity contribution in [1.29, 1.82) is 0 Å². The van der Waals surface area contributed by atoms with Crippen molar-refractivity contribution in [3.63, 3.8) is 0 Å². The smallest absolute Gasteiger partial charge is 0.398 e. The molecule has 19 heavy (non-hydrogen) atoms. The molecule has 6 heteroatoms. The predicted molar refractivity (Wildman–Crippen MR) is 68.6 cm³/mol. The number of nitrogens with zero attached hydrogens (tertiary/aromatic N) is 1. The minimum absolute atomic E-state index is 0.0818. The lowest BCUT2D eigenvalue weighted by Crippen LogP contribution is -2.37. The molecule has 0 aromatic heterocycles. The zero-order valence-electron chi connectivity index (χ0n) is 10.8. The van der Waals surface area contributed by atoms with Gasteiger partial charge in [-0.05, 0) is 19.0 Å². The van der Waals surface area contributed by atoms with Gasteiger partial charge in [-0.1, -0.05) is 25.1 Å². The van der Waals surface area contributed by atoms with Gasteiger partial charge in [0, 0.05) is 17.8 Å². The Morgan fingerprint density at radius 2 is 1.95 bits per heavy atom. The highest BCUT2D eigenvalue weighted by atomic mass is 19.4. The number of hydrogen-bond donors (Lipinski definition) is 2. The van der Waals surface area contributed by atoms with E-state index in [1.807, 2.05) is 0 Å². The molecule has 1 atom stereocenters. The molecule has 1 rings (SSSR count). The summed E-state index contributed by atoms with van der Waals surface area (Å²) < 4.78 is 37.2. The Morgan fingerprint density at radius 3 is 2.47 bits per heavy atom. The van der Waals surface area contributed by atoms with E-state index >= 15 is 0 Å². The molecular weight excluding hydrogens is 257 g/mol. The minimum Gasteiger partial charge on any atom is -0.398 e. The molecule has 1 aromatic carbocycles. The number of alkyl halides is 3. The van der Waals surface area contributed by atoms with Crippen LogP contribution in [0.15, 0.2) is 24.3 Å². The molecule has 0 radical (unpaired) electrons. The highest BCUT2D eigenvalue weighted by molar-refractivity contribution is 5.47. The van der Waals surface area contributed by atoms with Crippen LogP contribution in [0.25, 0.3) is 0 Å². The summed E-state index contributed by atoms with van der Waals surface area (Å²) in [5.41, 5.74) is 6.55. The Kier molecular flexibility index (Phi) is 5.62. The molecule has 1 aromatic rings. The Hall–Kier alpha value is -1.27. The average molecular weight is 276 g/mol. The molecule has 1 unspecified atom stereocenters. The summed E-state index contributed by atoms with van der Waals surface area (Å²) in [5, 5.41) is 10.0. The normalized spacial score (nSPS) is 13.8. The first-order valence-electron chi connectivity index (χ1n) is 6.15. The summed E-state index contributed by atoms with van der Waals surface area (Å²) in [6.07, 6.45) is -4.69. The van der Waals surface area contributed by atoms with Crippen molar-refractivity contribution >= 4 is 5.69 Å². The second kappa shape index (κ2) is 6.77. The minimum atomic E-state index is -4.27. The lowest BCUT2D eigenvalue weighted by molar-refractivity contribution is -0.148. The first-order chi connectivity index (χ1) is 8.83. The maximum atomic E-state index is 12.4. The monoisotopic (exact) mass is 276 g/mol. The van der Waals surface area contributed by atoms with E-state index < -0.39 is 18.8 Å². The van der Waals surface area contributed by atoms with Crippen molar-refractivity contribution in [2.45, 2.75) is 25.6 Å². The lowest BCUT2D eigenvalue weighted by Gasteiger charge is -2.26. The van der Waals surface area contributed by atoms with Crippen LogP contribution >= 0.6 is 0 Å². The number of nitrogens with two attached hydrogens (primary N) is 1. The van der Waals surface area contributed by atoms with Crippen molar-refractivity contribution < 1.29 is 18.3 Å². The van der Waals surface area contributed by atoms with E-state index in [1.165, 1.54) is 4.90 Å². The van der Waals surface area contributed by atoms with Crippen molar-refractivity contribution in [2.75, 3.05) is 25.4 Å². The van der Waals surface area contributed by atoms with Gasteiger partial charge in [-0.25, -0.2) is 0 Å². The van der Waals surface area contributed by atoms with E-state index in [0.29, 0.717) is 17.7 Å². The third kappa shape index (κ3) is 5.48. The Morgan fingerprint density at radius 1 is 1.32 bits per heavy atom. The second-order valence-corrected chi connectivity index (χ2v) is 4.50. The summed E-state index contributed by atoms with van der Waals surface area (Å²) in [6, 6.07) is 6.65. The molecule has 0 aliphatic heterocycles. The van der Waals surface area contributed by atoms with Gasteiger partial charge in [0.05, 0.1) is 12.6 Å². The van der Waals surface area contributed by atoms with E-state index in [0.717, 1.165) is 0 Å². The van der Waals surface area contributed by atoms with E-state index in [2.05, 4.69) is 0 Å². The standard InChI is InChI=1S/C13H19F3N2O/c1-2-7-18(9-13(14,15)16)8-12(19)10-5-3-4-6-11(10)17/h3-6,12,19H,2,7-9,17H2,1H3. The third-order valence-electron chi connectivity index (χ3n) is 2.73. The number of benzene rings is 1. The average Bonchev–Trinajstić information content (AvgIpc) is 2.27.